The van der Waals surface area contributed by atoms with Gasteiger partial charge >= 0.3 is 0 Å². The average Bonchev–Trinajstić information content (AvgIpc) is 2.35. The zero-order valence-corrected chi connectivity index (χ0v) is 11.9. The summed E-state index contributed by atoms with van der Waals surface area (Å²) in [6.45, 7) is 3.85. The van der Waals surface area contributed by atoms with Gasteiger partial charge in [0.25, 0.3) is 0 Å². The molecule has 2 aromatic rings. The van der Waals surface area contributed by atoms with Gasteiger partial charge in [-0.2, -0.15) is 0 Å². The highest BCUT2D eigenvalue weighted by molar-refractivity contribution is 8.72. The third kappa shape index (κ3) is 2.76. The van der Waals surface area contributed by atoms with Crippen molar-refractivity contribution in [1.29, 1.82) is 0 Å². The predicted octanol–water partition coefficient (Wildman–Crippen LogP) is 3.78. The Balaban J connectivity index is 2.41. The number of hydrogen-bond acceptors (Lipinski definition) is 3. The van der Waals surface area contributed by atoms with Crippen LogP contribution >= 0.6 is 10.8 Å². The second-order valence-electron chi connectivity index (χ2n) is 4.07. The van der Waals surface area contributed by atoms with E-state index in [1.165, 1.54) is 0 Å². The molecule has 0 aliphatic rings. The summed E-state index contributed by atoms with van der Waals surface area (Å²) in [5.74, 6) is 0. The molecule has 4 heteroatoms. The van der Waals surface area contributed by atoms with Gasteiger partial charge in [0, 0.05) is 15.7 Å². The summed E-state index contributed by atoms with van der Waals surface area (Å²) in [7, 11) is -2.42. The highest BCUT2D eigenvalue weighted by Crippen LogP contribution is 2.34. The third-order valence-corrected chi connectivity index (χ3v) is 6.25. The van der Waals surface area contributed by atoms with Crippen LogP contribution in [0.15, 0.2) is 58.3 Å². The minimum absolute atomic E-state index is 0.345. The van der Waals surface area contributed by atoms with Gasteiger partial charge in [0.05, 0.1) is 4.90 Å². The maximum atomic E-state index is 12.3. The van der Waals surface area contributed by atoms with Crippen molar-refractivity contribution in [3.8, 4) is 0 Å². The molecule has 94 valence electrons. The molecule has 0 saturated carbocycles. The number of benzene rings is 2. The first kappa shape index (κ1) is 13.2. The number of aryl methyl sites for hydroxylation is 2. The van der Waals surface area contributed by atoms with E-state index in [9.17, 15) is 8.42 Å². The van der Waals surface area contributed by atoms with E-state index in [1.807, 2.05) is 38.1 Å². The van der Waals surface area contributed by atoms with E-state index in [4.69, 9.17) is 0 Å². The van der Waals surface area contributed by atoms with Gasteiger partial charge < -0.3 is 0 Å². The van der Waals surface area contributed by atoms with E-state index in [-0.39, 0.29) is 0 Å². The Morgan fingerprint density at radius 3 is 1.94 bits per heavy atom. The Morgan fingerprint density at radius 1 is 0.833 bits per heavy atom. The van der Waals surface area contributed by atoms with Crippen molar-refractivity contribution >= 4 is 19.7 Å². The van der Waals surface area contributed by atoms with Gasteiger partial charge in [-0.05, 0) is 37.1 Å². The molecule has 2 aromatic carbocycles. The molecule has 0 heterocycles. The van der Waals surface area contributed by atoms with Crippen LogP contribution in [0.3, 0.4) is 0 Å². The van der Waals surface area contributed by atoms with Crippen molar-refractivity contribution in [2.75, 3.05) is 0 Å². The van der Waals surface area contributed by atoms with Crippen LogP contribution in [0.5, 0.6) is 0 Å². The molecule has 0 spiro atoms. The number of rotatable bonds is 3. The molecule has 0 radical (unpaired) electrons. The Labute approximate surface area is 111 Å². The van der Waals surface area contributed by atoms with Crippen LogP contribution in [0.4, 0.5) is 0 Å². The lowest BCUT2D eigenvalue weighted by Gasteiger charge is -2.09. The summed E-state index contributed by atoms with van der Waals surface area (Å²) >= 11 is 0. The van der Waals surface area contributed by atoms with E-state index in [2.05, 4.69) is 0 Å². The zero-order valence-electron chi connectivity index (χ0n) is 10.3. The van der Waals surface area contributed by atoms with Crippen molar-refractivity contribution in [1.82, 2.24) is 0 Å². The maximum Gasteiger partial charge on any atom is 0.234 e. The van der Waals surface area contributed by atoms with E-state index in [1.54, 1.807) is 24.3 Å². The summed E-state index contributed by atoms with van der Waals surface area (Å²) in [6.07, 6.45) is 0. The Hall–Kier alpha value is -1.26. The molecule has 0 aliphatic carbocycles. The van der Waals surface area contributed by atoms with Crippen molar-refractivity contribution < 1.29 is 8.42 Å². The molecular weight excluding hydrogens is 264 g/mol. The van der Waals surface area contributed by atoms with Crippen molar-refractivity contribution in [2.45, 2.75) is 23.6 Å². The monoisotopic (exact) mass is 278 g/mol. The van der Waals surface area contributed by atoms with Crippen LogP contribution in [0.1, 0.15) is 11.1 Å². The fourth-order valence-corrected chi connectivity index (χ4v) is 4.95. The number of hydrogen-bond donors (Lipinski definition) is 0. The molecule has 2 nitrogen and oxygen atoms in total. The van der Waals surface area contributed by atoms with E-state index >= 15 is 0 Å². The van der Waals surface area contributed by atoms with Gasteiger partial charge in [0.1, 0.15) is 0 Å². The second-order valence-corrected chi connectivity index (χ2v) is 7.84. The standard InChI is InChI=1S/C14H14O2S2/c1-11-7-6-8-12(2)14(11)17-18(15,16)13-9-4-3-5-10-13/h3-10H,1-2H3. The van der Waals surface area contributed by atoms with Crippen LogP contribution in [0.2, 0.25) is 0 Å². The lowest BCUT2D eigenvalue weighted by atomic mass is 10.2. The molecule has 0 amide bonds. The summed E-state index contributed by atoms with van der Waals surface area (Å²) < 4.78 is 24.5. The van der Waals surface area contributed by atoms with Gasteiger partial charge in [0.15, 0.2) is 0 Å². The molecule has 0 N–H and O–H groups in total. The van der Waals surface area contributed by atoms with Gasteiger partial charge in [0.2, 0.25) is 8.87 Å². The fraction of sp³-hybridized carbons (Fsp3) is 0.143. The van der Waals surface area contributed by atoms with Gasteiger partial charge in [-0.1, -0.05) is 36.4 Å². The van der Waals surface area contributed by atoms with Crippen LogP contribution in [0, 0.1) is 13.8 Å². The molecule has 0 atom stereocenters. The summed E-state index contributed by atoms with van der Waals surface area (Å²) in [6, 6.07) is 14.3. The summed E-state index contributed by atoms with van der Waals surface area (Å²) in [4.78, 5) is 1.17. The molecule has 0 fully saturated rings. The summed E-state index contributed by atoms with van der Waals surface area (Å²) in [5, 5.41) is 0. The topological polar surface area (TPSA) is 34.1 Å². The molecule has 0 saturated heterocycles. The van der Waals surface area contributed by atoms with E-state index in [0.29, 0.717) is 4.90 Å². The quantitative estimate of drug-likeness (QED) is 0.801. The normalized spacial score (nSPS) is 11.4. The fourth-order valence-electron chi connectivity index (χ4n) is 1.68. The zero-order chi connectivity index (χ0) is 13.2. The maximum absolute atomic E-state index is 12.3. The van der Waals surface area contributed by atoms with Crippen molar-refractivity contribution in [2.24, 2.45) is 0 Å². The first-order valence-electron chi connectivity index (χ1n) is 5.56. The Bertz CT molecular complexity index is 626. The van der Waals surface area contributed by atoms with Gasteiger partial charge in [-0.15, -0.1) is 0 Å². The molecule has 0 aliphatic heterocycles. The predicted molar refractivity (Wildman–Crippen MR) is 75.4 cm³/mol. The van der Waals surface area contributed by atoms with Crippen LogP contribution in [0.25, 0.3) is 0 Å². The summed E-state index contributed by atoms with van der Waals surface area (Å²) in [5.41, 5.74) is 1.97. The largest absolute Gasteiger partial charge is 0.234 e. The molecular formula is C14H14O2S2. The third-order valence-electron chi connectivity index (χ3n) is 2.63. The first-order valence-corrected chi connectivity index (χ1v) is 8.38. The van der Waals surface area contributed by atoms with Gasteiger partial charge in [-0.25, -0.2) is 8.42 Å². The second kappa shape index (κ2) is 5.16. The van der Waals surface area contributed by atoms with Crippen LogP contribution in [-0.4, -0.2) is 8.42 Å². The smallest absolute Gasteiger partial charge is 0.212 e. The van der Waals surface area contributed by atoms with E-state index in [0.717, 1.165) is 26.8 Å². The lowest BCUT2D eigenvalue weighted by molar-refractivity contribution is 0.610. The lowest BCUT2D eigenvalue weighted by Crippen LogP contribution is -1.96. The molecule has 0 aromatic heterocycles. The first-order chi connectivity index (χ1) is 8.50. The van der Waals surface area contributed by atoms with Gasteiger partial charge in [-0.3, -0.25) is 0 Å². The molecule has 18 heavy (non-hydrogen) atoms. The molecule has 0 bridgehead atoms. The van der Waals surface area contributed by atoms with E-state index < -0.39 is 8.87 Å². The minimum Gasteiger partial charge on any atom is -0.212 e. The Morgan fingerprint density at radius 2 is 1.39 bits per heavy atom. The van der Waals surface area contributed by atoms with Crippen LogP contribution < -0.4 is 0 Å². The minimum atomic E-state index is -3.34. The Kier molecular flexibility index (Phi) is 3.78. The van der Waals surface area contributed by atoms with Crippen molar-refractivity contribution in [3.05, 3.63) is 59.7 Å². The molecule has 0 unspecified atom stereocenters. The SMILES string of the molecule is Cc1cccc(C)c1SS(=O)(=O)c1ccccc1. The highest BCUT2D eigenvalue weighted by Gasteiger charge is 2.18. The molecule has 2 rings (SSSR count). The average molecular weight is 278 g/mol. The van der Waals surface area contributed by atoms with Crippen LogP contribution in [-0.2, 0) is 8.87 Å². The van der Waals surface area contributed by atoms with Crippen molar-refractivity contribution in [3.63, 3.8) is 0 Å². The highest BCUT2D eigenvalue weighted by atomic mass is 33.1.